The summed E-state index contributed by atoms with van der Waals surface area (Å²) >= 11 is 1.75. The second-order valence-electron chi connectivity index (χ2n) is 5.00. The van der Waals surface area contributed by atoms with Crippen LogP contribution in [0.25, 0.3) is 0 Å². The number of hydrogen-bond acceptors (Lipinski definition) is 2. The van der Waals surface area contributed by atoms with Gasteiger partial charge in [-0.15, -0.1) is 0 Å². The minimum atomic E-state index is 0.897. The first-order valence-electron chi connectivity index (χ1n) is 6.93. The second-order valence-corrected chi connectivity index (χ2v) is 5.75. The van der Waals surface area contributed by atoms with Crippen LogP contribution in [0.5, 0.6) is 0 Å². The van der Waals surface area contributed by atoms with Gasteiger partial charge in [0.05, 0.1) is 12.2 Å². The molecular formula is C18H14N2S. The molecule has 0 spiro atoms. The number of aliphatic imine (C=N–C) groups is 1. The van der Waals surface area contributed by atoms with E-state index in [2.05, 4.69) is 39.9 Å². The summed E-state index contributed by atoms with van der Waals surface area (Å²) in [5, 5.41) is 4.42. The zero-order chi connectivity index (χ0) is 14.1. The quantitative estimate of drug-likeness (QED) is 0.659. The molecule has 0 bridgehead atoms. The van der Waals surface area contributed by atoms with E-state index in [1.165, 1.54) is 16.8 Å². The van der Waals surface area contributed by atoms with Gasteiger partial charge >= 0.3 is 0 Å². The first kappa shape index (κ1) is 12.4. The first-order valence-corrected chi connectivity index (χ1v) is 7.88. The van der Waals surface area contributed by atoms with Gasteiger partial charge in [0.25, 0.3) is 0 Å². The highest BCUT2D eigenvalue weighted by Crippen LogP contribution is 2.32. The lowest BCUT2D eigenvalue weighted by atomic mass is 10.2. The Hall–Kier alpha value is -2.39. The van der Waals surface area contributed by atoms with Crippen LogP contribution < -0.4 is 4.90 Å². The van der Waals surface area contributed by atoms with E-state index in [0.717, 1.165) is 18.1 Å². The molecule has 1 aliphatic rings. The van der Waals surface area contributed by atoms with Gasteiger partial charge in [-0.1, -0.05) is 36.4 Å². The van der Waals surface area contributed by atoms with E-state index in [1.807, 2.05) is 36.4 Å². The van der Waals surface area contributed by atoms with Crippen LogP contribution in [0.15, 0.2) is 76.4 Å². The third-order valence-corrected chi connectivity index (χ3v) is 4.42. The number of para-hydroxylation sites is 2. The van der Waals surface area contributed by atoms with Crippen molar-refractivity contribution < 1.29 is 0 Å². The molecular weight excluding hydrogens is 276 g/mol. The second kappa shape index (κ2) is 5.19. The van der Waals surface area contributed by atoms with Crippen LogP contribution in [0, 0.1) is 0 Å². The summed E-state index contributed by atoms with van der Waals surface area (Å²) in [4.78, 5) is 7.16. The molecule has 4 rings (SSSR count). The molecule has 2 heterocycles. The van der Waals surface area contributed by atoms with E-state index in [4.69, 9.17) is 4.99 Å². The number of benzene rings is 2. The fourth-order valence-corrected chi connectivity index (χ4v) is 3.43. The summed E-state index contributed by atoms with van der Waals surface area (Å²) in [6, 6.07) is 20.6. The Morgan fingerprint density at radius 1 is 0.857 bits per heavy atom. The molecule has 0 amide bonds. The number of anilines is 1. The average Bonchev–Trinajstić information content (AvgIpc) is 3.12. The summed E-state index contributed by atoms with van der Waals surface area (Å²) in [6.45, 7) is 0.897. The molecule has 0 radical (unpaired) electrons. The number of amidine groups is 1. The smallest absolute Gasteiger partial charge is 0.142 e. The summed E-state index contributed by atoms with van der Waals surface area (Å²) < 4.78 is 0. The van der Waals surface area contributed by atoms with E-state index in [1.54, 1.807) is 11.3 Å². The number of rotatable bonds is 2. The molecule has 2 nitrogen and oxygen atoms in total. The Balaban J connectivity index is 1.82. The van der Waals surface area contributed by atoms with Crippen LogP contribution in [0.3, 0.4) is 0 Å². The lowest BCUT2D eigenvalue weighted by Gasteiger charge is -2.19. The molecule has 1 aliphatic heterocycles. The van der Waals surface area contributed by atoms with Gasteiger partial charge in [-0.2, -0.15) is 11.3 Å². The predicted octanol–water partition coefficient (Wildman–Crippen LogP) is 4.85. The normalized spacial score (nSPS) is 15.4. The Labute approximate surface area is 128 Å². The van der Waals surface area contributed by atoms with Crippen molar-refractivity contribution >= 4 is 28.5 Å². The SMILES string of the molecule is c1ccc(N=C2c3cscc3CN2c2ccccc2)cc1. The first-order chi connectivity index (χ1) is 10.4. The summed E-state index contributed by atoms with van der Waals surface area (Å²) in [7, 11) is 0. The molecule has 0 fully saturated rings. The number of nitrogens with zero attached hydrogens (tertiary/aromatic N) is 2. The van der Waals surface area contributed by atoms with Crippen molar-refractivity contribution in [2.45, 2.75) is 6.54 Å². The van der Waals surface area contributed by atoms with Gasteiger partial charge in [-0.3, -0.25) is 0 Å². The molecule has 1 aromatic heterocycles. The van der Waals surface area contributed by atoms with Crippen molar-refractivity contribution in [2.24, 2.45) is 4.99 Å². The lowest BCUT2D eigenvalue weighted by molar-refractivity contribution is 1.06. The molecule has 0 aliphatic carbocycles. The highest BCUT2D eigenvalue weighted by Gasteiger charge is 2.27. The number of thiophene rings is 1. The minimum Gasteiger partial charge on any atom is -0.321 e. The molecule has 102 valence electrons. The van der Waals surface area contributed by atoms with E-state index < -0.39 is 0 Å². The highest BCUT2D eigenvalue weighted by atomic mass is 32.1. The van der Waals surface area contributed by atoms with Crippen molar-refractivity contribution in [3.63, 3.8) is 0 Å². The molecule has 3 heteroatoms. The average molecular weight is 290 g/mol. The van der Waals surface area contributed by atoms with E-state index in [0.29, 0.717) is 0 Å². The fourth-order valence-electron chi connectivity index (χ4n) is 2.60. The fraction of sp³-hybridized carbons (Fsp3) is 0.0556. The number of fused-ring (bicyclic) bond motifs is 1. The van der Waals surface area contributed by atoms with Crippen LogP contribution >= 0.6 is 11.3 Å². The van der Waals surface area contributed by atoms with Crippen molar-refractivity contribution in [1.82, 2.24) is 0 Å². The van der Waals surface area contributed by atoms with Crippen molar-refractivity contribution in [1.29, 1.82) is 0 Å². The molecule has 0 saturated carbocycles. The van der Waals surface area contributed by atoms with Gasteiger partial charge in [-0.25, -0.2) is 4.99 Å². The largest absolute Gasteiger partial charge is 0.321 e. The molecule has 0 atom stereocenters. The van der Waals surface area contributed by atoms with E-state index >= 15 is 0 Å². The summed E-state index contributed by atoms with van der Waals surface area (Å²) in [6.07, 6.45) is 0. The standard InChI is InChI=1S/C18H14N2S/c1-3-7-15(8-4-1)19-18-17-13-21-12-14(17)11-20(18)16-9-5-2-6-10-16/h1-10,12-13H,11H2. The number of hydrogen-bond donors (Lipinski definition) is 0. The molecule has 3 aromatic rings. The van der Waals surface area contributed by atoms with Gasteiger partial charge in [0, 0.05) is 16.6 Å². The maximum atomic E-state index is 4.88. The van der Waals surface area contributed by atoms with Gasteiger partial charge in [-0.05, 0) is 35.2 Å². The Morgan fingerprint density at radius 2 is 1.57 bits per heavy atom. The molecule has 21 heavy (non-hydrogen) atoms. The van der Waals surface area contributed by atoms with Crippen molar-refractivity contribution in [3.8, 4) is 0 Å². The molecule has 0 unspecified atom stereocenters. The third-order valence-electron chi connectivity index (χ3n) is 3.63. The minimum absolute atomic E-state index is 0.897. The molecule has 2 aromatic carbocycles. The van der Waals surface area contributed by atoms with Crippen LogP contribution in [-0.4, -0.2) is 5.84 Å². The summed E-state index contributed by atoms with van der Waals surface area (Å²) in [5.41, 5.74) is 4.80. The van der Waals surface area contributed by atoms with Crippen LogP contribution in [-0.2, 0) is 6.54 Å². The van der Waals surface area contributed by atoms with Crippen molar-refractivity contribution in [3.05, 3.63) is 82.6 Å². The topological polar surface area (TPSA) is 15.6 Å². The molecule has 0 saturated heterocycles. The summed E-state index contributed by atoms with van der Waals surface area (Å²) in [5.74, 6) is 1.05. The Kier molecular flexibility index (Phi) is 3.05. The highest BCUT2D eigenvalue weighted by molar-refractivity contribution is 7.08. The maximum Gasteiger partial charge on any atom is 0.142 e. The van der Waals surface area contributed by atoms with E-state index in [9.17, 15) is 0 Å². The van der Waals surface area contributed by atoms with Crippen LogP contribution in [0.1, 0.15) is 11.1 Å². The maximum absolute atomic E-state index is 4.88. The van der Waals surface area contributed by atoms with Gasteiger partial charge in [0.1, 0.15) is 5.84 Å². The van der Waals surface area contributed by atoms with Crippen molar-refractivity contribution in [2.75, 3.05) is 4.90 Å². The molecule has 0 N–H and O–H groups in total. The van der Waals surface area contributed by atoms with Crippen LogP contribution in [0.4, 0.5) is 11.4 Å². The van der Waals surface area contributed by atoms with Gasteiger partial charge in [0.15, 0.2) is 0 Å². The van der Waals surface area contributed by atoms with Gasteiger partial charge < -0.3 is 4.90 Å². The third kappa shape index (κ3) is 2.26. The Bertz CT molecular complexity index is 775. The Morgan fingerprint density at radius 3 is 2.33 bits per heavy atom. The van der Waals surface area contributed by atoms with Crippen LogP contribution in [0.2, 0.25) is 0 Å². The zero-order valence-electron chi connectivity index (χ0n) is 11.4. The monoisotopic (exact) mass is 290 g/mol. The predicted molar refractivity (Wildman–Crippen MR) is 89.6 cm³/mol. The van der Waals surface area contributed by atoms with E-state index in [-0.39, 0.29) is 0 Å². The lowest BCUT2D eigenvalue weighted by Crippen LogP contribution is -2.23. The zero-order valence-corrected chi connectivity index (χ0v) is 12.3. The van der Waals surface area contributed by atoms with Gasteiger partial charge in [0.2, 0.25) is 0 Å².